The fourth-order valence-electron chi connectivity index (χ4n) is 1.17. The van der Waals surface area contributed by atoms with E-state index in [4.69, 9.17) is 9.84 Å². The van der Waals surface area contributed by atoms with Gasteiger partial charge >= 0.3 is 12.1 Å². The molecule has 0 saturated carbocycles. The molecule has 0 aliphatic carbocycles. The Morgan fingerprint density at radius 3 is 2.11 bits per heavy atom. The number of allylic oxidation sites excluding steroid dienone is 1. The Labute approximate surface area is 107 Å². The Morgan fingerprint density at radius 1 is 1.28 bits per heavy atom. The minimum atomic E-state index is -1.72. The molecule has 0 aromatic rings. The lowest BCUT2D eigenvalue weighted by molar-refractivity contribution is -0.147. The second-order valence-electron chi connectivity index (χ2n) is 5.20. The molecule has 0 unspecified atom stereocenters. The molecule has 18 heavy (non-hydrogen) atoms. The Balaban J connectivity index is 4.76. The van der Waals surface area contributed by atoms with Gasteiger partial charge in [-0.2, -0.15) is 0 Å². The number of rotatable bonds is 4. The van der Waals surface area contributed by atoms with E-state index in [1.54, 1.807) is 34.6 Å². The lowest BCUT2D eigenvalue weighted by atomic mass is 10.1. The maximum absolute atomic E-state index is 11.5. The number of aliphatic carboxylic acids is 1. The summed E-state index contributed by atoms with van der Waals surface area (Å²) in [5.41, 5.74) is 0.0877. The molecule has 2 atom stereocenters. The Hall–Kier alpha value is -1.56. The van der Waals surface area contributed by atoms with Crippen LogP contribution in [-0.2, 0) is 9.53 Å². The monoisotopic (exact) mass is 259 g/mol. The molecule has 6 nitrogen and oxygen atoms in total. The number of aliphatic hydroxyl groups is 1. The van der Waals surface area contributed by atoms with Crippen molar-refractivity contribution in [3.63, 3.8) is 0 Å². The van der Waals surface area contributed by atoms with Crippen molar-refractivity contribution in [2.24, 2.45) is 0 Å². The van der Waals surface area contributed by atoms with Crippen LogP contribution in [0.1, 0.15) is 34.6 Å². The molecular formula is C12H21NO5. The van der Waals surface area contributed by atoms with Crippen LogP contribution in [0.15, 0.2) is 11.6 Å². The molecule has 3 N–H and O–H groups in total. The first-order chi connectivity index (χ1) is 8.03. The van der Waals surface area contributed by atoms with E-state index in [0.29, 0.717) is 0 Å². The van der Waals surface area contributed by atoms with Gasteiger partial charge in [-0.3, -0.25) is 0 Å². The molecule has 0 heterocycles. The quantitative estimate of drug-likeness (QED) is 0.661. The van der Waals surface area contributed by atoms with E-state index >= 15 is 0 Å². The molecule has 104 valence electrons. The van der Waals surface area contributed by atoms with Gasteiger partial charge in [-0.15, -0.1) is 0 Å². The van der Waals surface area contributed by atoms with Crippen molar-refractivity contribution in [1.82, 2.24) is 5.32 Å². The predicted molar refractivity (Wildman–Crippen MR) is 66.2 cm³/mol. The number of amides is 1. The number of carbonyl (C=O) groups excluding carboxylic acids is 1. The molecule has 0 aliphatic heterocycles. The first kappa shape index (κ1) is 16.4. The number of hydrogen-bond acceptors (Lipinski definition) is 4. The number of carboxylic acids is 1. The zero-order valence-electron chi connectivity index (χ0n) is 11.4. The number of alkyl carbamates (subject to hydrolysis) is 1. The van der Waals surface area contributed by atoms with Gasteiger partial charge in [0.15, 0.2) is 6.10 Å². The van der Waals surface area contributed by atoms with Crippen molar-refractivity contribution in [1.29, 1.82) is 0 Å². The van der Waals surface area contributed by atoms with E-state index in [-0.39, 0.29) is 0 Å². The van der Waals surface area contributed by atoms with E-state index in [1.165, 1.54) is 6.08 Å². The summed E-state index contributed by atoms with van der Waals surface area (Å²) in [4.78, 5) is 22.2. The number of aliphatic hydroxyl groups excluding tert-OH is 1. The van der Waals surface area contributed by atoms with Crippen molar-refractivity contribution in [3.8, 4) is 0 Å². The van der Waals surface area contributed by atoms with Crippen LogP contribution in [0.4, 0.5) is 4.79 Å². The van der Waals surface area contributed by atoms with Crippen LogP contribution in [0.2, 0.25) is 0 Å². The molecule has 0 aromatic heterocycles. The van der Waals surface area contributed by atoms with Gasteiger partial charge in [0.2, 0.25) is 0 Å². The van der Waals surface area contributed by atoms with E-state index in [1.807, 2.05) is 0 Å². The number of nitrogens with one attached hydrogen (secondary N) is 1. The van der Waals surface area contributed by atoms with Crippen LogP contribution in [0.25, 0.3) is 0 Å². The predicted octanol–water partition coefficient (Wildman–Crippen LogP) is 1.29. The highest BCUT2D eigenvalue weighted by Crippen LogP contribution is 2.08. The number of carbonyl (C=O) groups is 2. The van der Waals surface area contributed by atoms with Crippen molar-refractivity contribution in [3.05, 3.63) is 11.6 Å². The summed E-state index contributed by atoms with van der Waals surface area (Å²) >= 11 is 0. The van der Waals surface area contributed by atoms with Gasteiger partial charge in [0.25, 0.3) is 0 Å². The zero-order chi connectivity index (χ0) is 14.5. The maximum Gasteiger partial charge on any atom is 0.408 e. The van der Waals surface area contributed by atoms with Crippen LogP contribution in [0.5, 0.6) is 0 Å². The van der Waals surface area contributed by atoms with Crippen LogP contribution >= 0.6 is 0 Å². The van der Waals surface area contributed by atoms with Gasteiger partial charge in [0, 0.05) is 0 Å². The summed E-state index contributed by atoms with van der Waals surface area (Å²) in [6.45, 7) is 8.54. The molecule has 6 heteroatoms. The topological polar surface area (TPSA) is 95.9 Å². The van der Waals surface area contributed by atoms with Crippen LogP contribution < -0.4 is 5.32 Å². The van der Waals surface area contributed by atoms with Gasteiger partial charge in [-0.1, -0.05) is 11.6 Å². The largest absolute Gasteiger partial charge is 0.479 e. The first-order valence-electron chi connectivity index (χ1n) is 5.58. The summed E-state index contributed by atoms with van der Waals surface area (Å²) < 4.78 is 5.00. The van der Waals surface area contributed by atoms with E-state index in [0.717, 1.165) is 5.57 Å². The fraction of sp³-hybridized carbons (Fsp3) is 0.667. The molecule has 0 fully saturated rings. The highest BCUT2D eigenvalue weighted by molar-refractivity contribution is 5.76. The van der Waals surface area contributed by atoms with E-state index in [9.17, 15) is 14.7 Å². The smallest absolute Gasteiger partial charge is 0.408 e. The number of hydrogen-bond donors (Lipinski definition) is 3. The molecule has 0 aliphatic rings. The summed E-state index contributed by atoms with van der Waals surface area (Å²) in [6, 6.07) is -1.03. The van der Waals surface area contributed by atoms with Crippen LogP contribution in [0, 0.1) is 0 Å². The Kier molecular flexibility index (Phi) is 5.84. The maximum atomic E-state index is 11.5. The average molecular weight is 259 g/mol. The molecule has 0 spiro atoms. The second-order valence-corrected chi connectivity index (χ2v) is 5.20. The third-order valence-corrected chi connectivity index (χ3v) is 1.79. The van der Waals surface area contributed by atoms with Crippen LogP contribution in [-0.4, -0.2) is 40.0 Å². The number of ether oxygens (including phenoxy) is 1. The summed E-state index contributed by atoms with van der Waals surface area (Å²) in [5.74, 6) is -1.41. The lowest BCUT2D eigenvalue weighted by Gasteiger charge is -2.23. The Bertz CT molecular complexity index is 339. The summed E-state index contributed by atoms with van der Waals surface area (Å²) in [5, 5.41) is 20.5. The third-order valence-electron chi connectivity index (χ3n) is 1.79. The summed E-state index contributed by atoms with van der Waals surface area (Å²) in [7, 11) is 0. The van der Waals surface area contributed by atoms with Gasteiger partial charge in [-0.05, 0) is 34.6 Å². The fourth-order valence-corrected chi connectivity index (χ4v) is 1.17. The first-order valence-corrected chi connectivity index (χ1v) is 5.58. The molecule has 0 rings (SSSR count). The molecule has 0 radical (unpaired) electrons. The highest BCUT2D eigenvalue weighted by atomic mass is 16.6. The highest BCUT2D eigenvalue weighted by Gasteiger charge is 2.27. The third kappa shape index (κ3) is 6.90. The molecule has 1 amide bonds. The van der Waals surface area contributed by atoms with Gasteiger partial charge in [0.1, 0.15) is 5.60 Å². The molecule has 0 saturated heterocycles. The standard InChI is InChI=1S/C12H21NO5/c1-7(2)6-8(9(14)10(15)16)13-11(17)18-12(3,4)5/h6,8-9,14H,1-5H3,(H,13,17)(H,15,16)/t8-,9+/m0/s1. The molecular weight excluding hydrogens is 238 g/mol. The Morgan fingerprint density at radius 2 is 1.78 bits per heavy atom. The average Bonchev–Trinajstić information content (AvgIpc) is 2.11. The number of carboxylic acid groups (broad SMARTS) is 1. The van der Waals surface area contributed by atoms with Crippen molar-refractivity contribution in [2.45, 2.75) is 52.4 Å². The molecule has 0 aromatic carbocycles. The minimum Gasteiger partial charge on any atom is -0.479 e. The van der Waals surface area contributed by atoms with Crippen LogP contribution in [0.3, 0.4) is 0 Å². The molecule has 0 bridgehead atoms. The summed E-state index contributed by atoms with van der Waals surface area (Å²) in [6.07, 6.45) is -1.03. The second kappa shape index (κ2) is 6.39. The minimum absolute atomic E-state index is 0.687. The SMILES string of the molecule is CC(C)=C[C@H](NC(=O)OC(C)(C)C)[C@@H](O)C(=O)O. The van der Waals surface area contributed by atoms with Gasteiger partial charge < -0.3 is 20.3 Å². The normalized spacial score (nSPS) is 14.3. The van der Waals surface area contributed by atoms with Gasteiger partial charge in [-0.25, -0.2) is 9.59 Å². The van der Waals surface area contributed by atoms with Crippen molar-refractivity contribution < 1.29 is 24.5 Å². The van der Waals surface area contributed by atoms with Crippen molar-refractivity contribution >= 4 is 12.1 Å². The van der Waals surface area contributed by atoms with E-state index < -0.39 is 29.8 Å². The van der Waals surface area contributed by atoms with E-state index in [2.05, 4.69) is 5.32 Å². The zero-order valence-corrected chi connectivity index (χ0v) is 11.4. The van der Waals surface area contributed by atoms with Crippen molar-refractivity contribution in [2.75, 3.05) is 0 Å². The lowest BCUT2D eigenvalue weighted by Crippen LogP contribution is -2.47. The van der Waals surface area contributed by atoms with Gasteiger partial charge in [0.05, 0.1) is 6.04 Å².